The van der Waals surface area contributed by atoms with Gasteiger partial charge in [-0.05, 0) is 42.7 Å². The minimum Gasteiger partial charge on any atom is -0.361 e. The van der Waals surface area contributed by atoms with Crippen LogP contribution in [-0.4, -0.2) is 17.6 Å². The lowest BCUT2D eigenvalue weighted by Gasteiger charge is -2.19. The average Bonchev–Trinajstić information content (AvgIpc) is 3.15. The molecule has 4 aromatic rings. The Balaban J connectivity index is 1.55. The van der Waals surface area contributed by atoms with E-state index in [4.69, 9.17) is 0 Å². The summed E-state index contributed by atoms with van der Waals surface area (Å²) in [6, 6.07) is 24.4. The van der Waals surface area contributed by atoms with Gasteiger partial charge in [0.2, 0.25) is 0 Å². The number of benzene rings is 3. The highest BCUT2D eigenvalue weighted by Crippen LogP contribution is 2.30. The SMILES string of the molecule is Cc1ccc(NC(=O)NC[C@H](c2ccccc2)c2c[nH]c3ccccc23)c(C)c1. The van der Waals surface area contributed by atoms with Crippen molar-refractivity contribution in [3.8, 4) is 0 Å². The number of para-hydroxylation sites is 1. The fraction of sp³-hybridized carbons (Fsp3) is 0.160. The molecule has 4 rings (SSSR count). The number of H-pyrrole nitrogens is 1. The zero-order valence-electron chi connectivity index (χ0n) is 16.7. The standard InChI is InChI=1S/C25H25N3O/c1-17-12-13-23(18(2)14-17)28-25(29)27-15-21(19-8-4-3-5-9-19)22-16-26-24-11-7-6-10-20(22)24/h3-14,16,21,26H,15H2,1-2H3,(H2,27,28,29)/t21-/m1/s1. The van der Waals surface area contributed by atoms with E-state index in [2.05, 4.69) is 45.9 Å². The van der Waals surface area contributed by atoms with E-state index in [-0.39, 0.29) is 11.9 Å². The highest BCUT2D eigenvalue weighted by molar-refractivity contribution is 5.90. The van der Waals surface area contributed by atoms with Crippen LogP contribution in [0.4, 0.5) is 10.5 Å². The zero-order chi connectivity index (χ0) is 20.2. The van der Waals surface area contributed by atoms with Crippen molar-refractivity contribution in [3.05, 3.63) is 101 Å². The number of amides is 2. The molecule has 0 radical (unpaired) electrons. The Bertz CT molecular complexity index is 1130. The molecule has 0 spiro atoms. The molecule has 3 N–H and O–H groups in total. The first-order chi connectivity index (χ1) is 14.1. The fourth-order valence-corrected chi connectivity index (χ4v) is 3.79. The predicted molar refractivity (Wildman–Crippen MR) is 120 cm³/mol. The molecule has 0 aliphatic heterocycles. The van der Waals surface area contributed by atoms with E-state index >= 15 is 0 Å². The van der Waals surface area contributed by atoms with Gasteiger partial charge in [-0.2, -0.15) is 0 Å². The number of fused-ring (bicyclic) bond motifs is 1. The number of hydrogen-bond donors (Lipinski definition) is 3. The highest BCUT2D eigenvalue weighted by atomic mass is 16.2. The predicted octanol–water partition coefficient (Wildman–Crippen LogP) is 5.74. The molecule has 0 saturated carbocycles. The summed E-state index contributed by atoms with van der Waals surface area (Å²) in [6.07, 6.45) is 2.05. The minimum absolute atomic E-state index is 0.0530. The number of aromatic amines is 1. The Morgan fingerprint density at radius 3 is 2.52 bits per heavy atom. The first kappa shape index (κ1) is 18.8. The van der Waals surface area contributed by atoms with Crippen molar-refractivity contribution >= 4 is 22.6 Å². The van der Waals surface area contributed by atoms with Crippen LogP contribution in [0, 0.1) is 13.8 Å². The average molecular weight is 383 g/mol. The van der Waals surface area contributed by atoms with Crippen LogP contribution in [0.5, 0.6) is 0 Å². The van der Waals surface area contributed by atoms with Gasteiger partial charge < -0.3 is 15.6 Å². The Kier molecular flexibility index (Phi) is 5.34. The molecule has 1 atom stereocenters. The van der Waals surface area contributed by atoms with Crippen LogP contribution >= 0.6 is 0 Å². The lowest BCUT2D eigenvalue weighted by atomic mass is 9.91. The summed E-state index contributed by atoms with van der Waals surface area (Å²) in [6.45, 7) is 4.55. The molecule has 4 heteroatoms. The molecule has 0 fully saturated rings. The number of carbonyl (C=O) groups is 1. The fourth-order valence-electron chi connectivity index (χ4n) is 3.79. The van der Waals surface area contributed by atoms with Crippen LogP contribution < -0.4 is 10.6 Å². The number of rotatable bonds is 5. The second-order valence-electron chi connectivity index (χ2n) is 7.41. The van der Waals surface area contributed by atoms with Gasteiger partial charge in [-0.1, -0.05) is 66.2 Å². The maximum atomic E-state index is 12.6. The molecule has 29 heavy (non-hydrogen) atoms. The number of anilines is 1. The van der Waals surface area contributed by atoms with Crippen molar-refractivity contribution in [1.29, 1.82) is 0 Å². The van der Waals surface area contributed by atoms with Crippen LogP contribution in [0.25, 0.3) is 10.9 Å². The Hall–Kier alpha value is -3.53. The van der Waals surface area contributed by atoms with Crippen LogP contribution in [0.2, 0.25) is 0 Å². The van der Waals surface area contributed by atoms with E-state index in [1.165, 1.54) is 22.1 Å². The largest absolute Gasteiger partial charge is 0.361 e. The molecule has 1 heterocycles. The molecule has 1 aromatic heterocycles. The van der Waals surface area contributed by atoms with Gasteiger partial charge in [-0.25, -0.2) is 4.79 Å². The van der Waals surface area contributed by atoms with Crippen molar-refractivity contribution in [2.75, 3.05) is 11.9 Å². The van der Waals surface area contributed by atoms with Gasteiger partial charge in [-0.15, -0.1) is 0 Å². The van der Waals surface area contributed by atoms with Gasteiger partial charge >= 0.3 is 6.03 Å². The van der Waals surface area contributed by atoms with Crippen LogP contribution in [-0.2, 0) is 0 Å². The Labute approximate surface area is 171 Å². The third kappa shape index (κ3) is 4.16. The molecule has 0 saturated heterocycles. The van der Waals surface area contributed by atoms with Crippen molar-refractivity contribution in [2.45, 2.75) is 19.8 Å². The number of hydrogen-bond acceptors (Lipinski definition) is 1. The number of aryl methyl sites for hydroxylation is 2. The lowest BCUT2D eigenvalue weighted by Crippen LogP contribution is -2.33. The summed E-state index contributed by atoms with van der Waals surface area (Å²) >= 11 is 0. The monoisotopic (exact) mass is 383 g/mol. The summed E-state index contributed by atoms with van der Waals surface area (Å²) in [7, 11) is 0. The molecule has 2 amide bonds. The summed E-state index contributed by atoms with van der Waals surface area (Å²) in [5.41, 5.74) is 6.51. The van der Waals surface area contributed by atoms with E-state index in [0.717, 1.165) is 16.8 Å². The summed E-state index contributed by atoms with van der Waals surface area (Å²) in [5, 5.41) is 7.21. The maximum Gasteiger partial charge on any atom is 0.319 e. The van der Waals surface area contributed by atoms with Gasteiger partial charge in [0, 0.05) is 35.2 Å². The molecule has 4 nitrogen and oxygen atoms in total. The van der Waals surface area contributed by atoms with E-state index in [1.54, 1.807) is 0 Å². The molecular weight excluding hydrogens is 358 g/mol. The van der Waals surface area contributed by atoms with Gasteiger partial charge in [-0.3, -0.25) is 0 Å². The maximum absolute atomic E-state index is 12.6. The van der Waals surface area contributed by atoms with E-state index in [1.807, 2.05) is 62.5 Å². The van der Waals surface area contributed by atoms with Gasteiger partial charge in [0.1, 0.15) is 0 Å². The topological polar surface area (TPSA) is 56.9 Å². The van der Waals surface area contributed by atoms with E-state index in [0.29, 0.717) is 6.54 Å². The highest BCUT2D eigenvalue weighted by Gasteiger charge is 2.19. The summed E-state index contributed by atoms with van der Waals surface area (Å²) in [5.74, 6) is 0.0530. The van der Waals surface area contributed by atoms with E-state index in [9.17, 15) is 4.79 Å². The van der Waals surface area contributed by atoms with E-state index < -0.39 is 0 Å². The number of aromatic nitrogens is 1. The molecule has 0 aliphatic rings. The van der Waals surface area contributed by atoms with Crippen molar-refractivity contribution in [1.82, 2.24) is 10.3 Å². The number of nitrogens with one attached hydrogen (secondary N) is 3. The third-order valence-corrected chi connectivity index (χ3v) is 5.30. The molecule has 0 bridgehead atoms. The second kappa shape index (κ2) is 8.23. The molecular formula is C25H25N3O. The molecule has 146 valence electrons. The van der Waals surface area contributed by atoms with Gasteiger partial charge in [0.25, 0.3) is 0 Å². The molecule has 0 aliphatic carbocycles. The smallest absolute Gasteiger partial charge is 0.319 e. The van der Waals surface area contributed by atoms with Gasteiger partial charge in [0.05, 0.1) is 0 Å². The normalized spacial score (nSPS) is 11.9. The minimum atomic E-state index is -0.197. The zero-order valence-corrected chi connectivity index (χ0v) is 16.7. The molecule has 3 aromatic carbocycles. The summed E-state index contributed by atoms with van der Waals surface area (Å²) in [4.78, 5) is 15.9. The van der Waals surface area contributed by atoms with Crippen molar-refractivity contribution in [2.24, 2.45) is 0 Å². The Morgan fingerprint density at radius 1 is 0.966 bits per heavy atom. The second-order valence-corrected chi connectivity index (χ2v) is 7.41. The van der Waals surface area contributed by atoms with Crippen molar-refractivity contribution < 1.29 is 4.79 Å². The van der Waals surface area contributed by atoms with Crippen LogP contribution in [0.3, 0.4) is 0 Å². The molecule has 0 unspecified atom stereocenters. The van der Waals surface area contributed by atoms with Crippen molar-refractivity contribution in [3.63, 3.8) is 0 Å². The Morgan fingerprint density at radius 2 is 1.72 bits per heavy atom. The van der Waals surface area contributed by atoms with Crippen LogP contribution in [0.1, 0.15) is 28.2 Å². The first-order valence-corrected chi connectivity index (χ1v) is 9.85. The summed E-state index contributed by atoms with van der Waals surface area (Å²) < 4.78 is 0. The van der Waals surface area contributed by atoms with Gasteiger partial charge in [0.15, 0.2) is 0 Å². The lowest BCUT2D eigenvalue weighted by molar-refractivity contribution is 0.252. The first-order valence-electron chi connectivity index (χ1n) is 9.85. The quantitative estimate of drug-likeness (QED) is 0.404. The third-order valence-electron chi connectivity index (χ3n) is 5.30. The number of urea groups is 1. The number of carbonyl (C=O) groups excluding carboxylic acids is 1. The van der Waals surface area contributed by atoms with Crippen LogP contribution in [0.15, 0.2) is 79.0 Å².